The van der Waals surface area contributed by atoms with Crippen molar-refractivity contribution in [3.8, 4) is 0 Å². The Bertz CT molecular complexity index is 194. The highest BCUT2D eigenvalue weighted by Crippen LogP contribution is 1.78. The van der Waals surface area contributed by atoms with E-state index in [0.717, 1.165) is 4.85 Å². The predicted octanol–water partition coefficient (Wildman–Crippen LogP) is -0.0103. The first kappa shape index (κ1) is 5.61. The Hall–Kier alpha value is -1.52. The van der Waals surface area contributed by atoms with Crippen molar-refractivity contribution in [1.82, 2.24) is 9.94 Å². The van der Waals surface area contributed by atoms with Crippen molar-refractivity contribution in [2.45, 2.75) is 0 Å². The highest BCUT2D eigenvalue weighted by Gasteiger charge is 1.95. The fourth-order valence-electron chi connectivity index (χ4n) is 0.389. The fourth-order valence-corrected chi connectivity index (χ4v) is 0.389. The van der Waals surface area contributed by atoms with Crippen molar-refractivity contribution in [3.05, 3.63) is 18.5 Å². The Kier molecular flexibility index (Phi) is 1.35. The molecule has 0 fully saturated rings. The molecule has 1 aromatic rings. The quantitative estimate of drug-likeness (QED) is 0.577. The molecule has 0 aliphatic carbocycles. The Morgan fingerprint density at radius 3 is 3.00 bits per heavy atom. The van der Waals surface area contributed by atoms with E-state index >= 15 is 0 Å². The van der Waals surface area contributed by atoms with Gasteiger partial charge in [0.15, 0.2) is 0 Å². The molecule has 0 unspecified atom stereocenters. The Labute approximate surface area is 50.4 Å². The molecule has 0 saturated heterocycles. The fraction of sp³-hybridized carbons (Fsp3) is 0. The van der Waals surface area contributed by atoms with Crippen molar-refractivity contribution in [1.29, 1.82) is 0 Å². The van der Waals surface area contributed by atoms with Crippen LogP contribution in [0.1, 0.15) is 0 Å². The maximum Gasteiger partial charge on any atom is 0.532 e. The Morgan fingerprint density at radius 2 is 2.56 bits per heavy atom. The van der Waals surface area contributed by atoms with Gasteiger partial charge in [-0.3, -0.25) is 4.84 Å². The molecule has 0 saturated carbocycles. The molecule has 1 aromatic heterocycles. The monoisotopic (exact) mass is 128 g/mol. The van der Waals surface area contributed by atoms with Crippen molar-refractivity contribution in [3.63, 3.8) is 0 Å². The summed E-state index contributed by atoms with van der Waals surface area (Å²) in [4.78, 5) is 14.7. The van der Waals surface area contributed by atoms with Gasteiger partial charge < -0.3 is 5.11 Å². The smallest absolute Gasteiger partial charge is 0.448 e. The lowest BCUT2D eigenvalue weighted by molar-refractivity contribution is 0.0681. The van der Waals surface area contributed by atoms with E-state index in [1.54, 1.807) is 6.07 Å². The van der Waals surface area contributed by atoms with E-state index < -0.39 is 6.16 Å². The minimum absolute atomic E-state index is 0.850. The molecule has 0 aliphatic heterocycles. The molecule has 5 heteroatoms. The second-order valence-electron chi connectivity index (χ2n) is 1.27. The minimum atomic E-state index is -1.38. The van der Waals surface area contributed by atoms with Gasteiger partial charge in [0.25, 0.3) is 0 Å². The highest BCUT2D eigenvalue weighted by atomic mass is 16.8. The molecular weight excluding hydrogens is 124 g/mol. The summed E-state index contributed by atoms with van der Waals surface area (Å²) in [5.74, 6) is 0. The number of rotatable bonds is 1. The van der Waals surface area contributed by atoms with Crippen LogP contribution in [-0.4, -0.2) is 21.2 Å². The third-order valence-corrected chi connectivity index (χ3v) is 0.652. The van der Waals surface area contributed by atoms with Crippen molar-refractivity contribution < 1.29 is 14.7 Å². The molecule has 0 atom stereocenters. The van der Waals surface area contributed by atoms with E-state index in [2.05, 4.69) is 9.94 Å². The first-order chi connectivity index (χ1) is 4.29. The second-order valence-corrected chi connectivity index (χ2v) is 1.27. The molecule has 5 nitrogen and oxygen atoms in total. The number of aromatic nitrogens is 2. The van der Waals surface area contributed by atoms with Crippen LogP contribution in [0, 0.1) is 0 Å². The second kappa shape index (κ2) is 2.17. The first-order valence-electron chi connectivity index (χ1n) is 2.20. The van der Waals surface area contributed by atoms with E-state index in [1.165, 1.54) is 12.4 Å². The molecular formula is C4H4N2O3. The molecule has 48 valence electrons. The first-order valence-corrected chi connectivity index (χ1v) is 2.20. The molecule has 1 rings (SSSR count). The van der Waals surface area contributed by atoms with Gasteiger partial charge in [0.05, 0.1) is 12.4 Å². The number of hydrogen-bond acceptors (Lipinski definition) is 3. The number of nitrogens with zero attached hydrogens (tertiary/aromatic N) is 2. The third-order valence-electron chi connectivity index (χ3n) is 0.652. The number of hydrogen-bond donors (Lipinski definition) is 1. The van der Waals surface area contributed by atoms with Crippen molar-refractivity contribution >= 4 is 6.16 Å². The van der Waals surface area contributed by atoms with Crippen molar-refractivity contribution in [2.75, 3.05) is 0 Å². The van der Waals surface area contributed by atoms with Crippen LogP contribution in [0.25, 0.3) is 0 Å². The molecule has 1 N–H and O–H groups in total. The standard InChI is InChI=1S/C4H4N2O3/c7-4(8)9-6-3-1-2-5-6/h1-3H,(H,7,8). The van der Waals surface area contributed by atoms with Crippen LogP contribution in [0.3, 0.4) is 0 Å². The maximum absolute atomic E-state index is 9.78. The van der Waals surface area contributed by atoms with Gasteiger partial charge in [0.2, 0.25) is 0 Å². The van der Waals surface area contributed by atoms with E-state index in [1.807, 2.05) is 0 Å². The van der Waals surface area contributed by atoms with Gasteiger partial charge >= 0.3 is 6.16 Å². The summed E-state index contributed by atoms with van der Waals surface area (Å²) in [5, 5.41) is 11.5. The summed E-state index contributed by atoms with van der Waals surface area (Å²) in [6.07, 6.45) is 1.43. The lowest BCUT2D eigenvalue weighted by atomic mass is 10.8. The molecule has 1 heterocycles. The van der Waals surface area contributed by atoms with Crippen LogP contribution in [0.2, 0.25) is 0 Å². The number of carbonyl (C=O) groups is 1. The van der Waals surface area contributed by atoms with Crippen LogP contribution in [0.15, 0.2) is 18.5 Å². The van der Waals surface area contributed by atoms with E-state index in [4.69, 9.17) is 5.11 Å². The van der Waals surface area contributed by atoms with Gasteiger partial charge in [-0.25, -0.2) is 4.79 Å². The molecule has 0 spiro atoms. The summed E-state index contributed by atoms with van der Waals surface area (Å²) in [5.41, 5.74) is 0. The van der Waals surface area contributed by atoms with E-state index in [9.17, 15) is 4.79 Å². The average Bonchev–Trinajstić information content (AvgIpc) is 2.15. The summed E-state index contributed by atoms with van der Waals surface area (Å²) in [6.45, 7) is 0. The zero-order chi connectivity index (χ0) is 6.69. The van der Waals surface area contributed by atoms with Crippen LogP contribution < -0.4 is 4.84 Å². The summed E-state index contributed by atoms with van der Waals surface area (Å²) < 4.78 is 0. The van der Waals surface area contributed by atoms with Crippen LogP contribution >= 0.6 is 0 Å². The van der Waals surface area contributed by atoms with Crippen molar-refractivity contribution in [2.24, 2.45) is 0 Å². The minimum Gasteiger partial charge on any atom is -0.448 e. The van der Waals surface area contributed by atoms with E-state index in [0.29, 0.717) is 0 Å². The van der Waals surface area contributed by atoms with Crippen LogP contribution in [0.4, 0.5) is 4.79 Å². The predicted molar refractivity (Wildman–Crippen MR) is 26.8 cm³/mol. The molecule has 0 bridgehead atoms. The molecule has 9 heavy (non-hydrogen) atoms. The van der Waals surface area contributed by atoms with Crippen LogP contribution in [0.5, 0.6) is 0 Å². The molecule has 0 amide bonds. The average molecular weight is 128 g/mol. The van der Waals surface area contributed by atoms with Gasteiger partial charge in [-0.15, -0.1) is 5.10 Å². The lowest BCUT2D eigenvalue weighted by Gasteiger charge is -1.93. The van der Waals surface area contributed by atoms with Gasteiger partial charge in [0, 0.05) is 0 Å². The Morgan fingerprint density at radius 1 is 1.78 bits per heavy atom. The largest absolute Gasteiger partial charge is 0.532 e. The van der Waals surface area contributed by atoms with Gasteiger partial charge in [0.1, 0.15) is 0 Å². The van der Waals surface area contributed by atoms with Gasteiger partial charge in [-0.2, -0.15) is 0 Å². The van der Waals surface area contributed by atoms with Gasteiger partial charge in [-0.1, -0.05) is 4.85 Å². The van der Waals surface area contributed by atoms with Crippen LogP contribution in [-0.2, 0) is 0 Å². The summed E-state index contributed by atoms with van der Waals surface area (Å²) >= 11 is 0. The SMILES string of the molecule is O=C(O)On1cccn1. The summed E-state index contributed by atoms with van der Waals surface area (Å²) in [6, 6.07) is 1.56. The Balaban J connectivity index is 2.58. The lowest BCUT2D eigenvalue weighted by Crippen LogP contribution is -2.17. The molecule has 0 aliphatic rings. The normalized spacial score (nSPS) is 8.89. The van der Waals surface area contributed by atoms with E-state index in [-0.39, 0.29) is 0 Å². The third kappa shape index (κ3) is 1.45. The topological polar surface area (TPSA) is 64.3 Å². The maximum atomic E-state index is 9.78. The van der Waals surface area contributed by atoms with Gasteiger partial charge in [-0.05, 0) is 6.07 Å². The zero-order valence-electron chi connectivity index (χ0n) is 4.39. The number of carboxylic acid groups (broad SMARTS) is 1. The molecule has 0 radical (unpaired) electrons. The zero-order valence-corrected chi connectivity index (χ0v) is 4.39. The highest BCUT2D eigenvalue weighted by molar-refractivity contribution is 5.56. The summed E-state index contributed by atoms with van der Waals surface area (Å²) in [7, 11) is 0. The molecule has 0 aromatic carbocycles.